The maximum absolute atomic E-state index is 12.7. The summed E-state index contributed by atoms with van der Waals surface area (Å²) in [5.41, 5.74) is 0.464. The second kappa shape index (κ2) is 7.42. The highest BCUT2D eigenvalue weighted by Crippen LogP contribution is 2.06. The van der Waals surface area contributed by atoms with Crippen molar-refractivity contribution in [1.29, 1.82) is 0 Å². The predicted octanol–water partition coefficient (Wildman–Crippen LogP) is 2.44. The van der Waals surface area contributed by atoms with E-state index in [-0.39, 0.29) is 13.0 Å². The number of rotatable bonds is 7. The van der Waals surface area contributed by atoms with Gasteiger partial charge in [-0.3, -0.25) is 0 Å². The van der Waals surface area contributed by atoms with Gasteiger partial charge in [0, 0.05) is 0 Å². The number of esters is 1. The number of carboxylic acids is 1. The minimum Gasteiger partial charge on any atom is -0.479 e. The zero-order valence-corrected chi connectivity index (χ0v) is 9.84. The molecule has 98 valence electrons. The Bertz CT molecular complexity index is 391. The average molecular weight is 254 g/mol. The molecule has 0 aliphatic carbocycles. The van der Waals surface area contributed by atoms with Gasteiger partial charge in [-0.15, -0.1) is 0 Å². The Kier molecular flexibility index (Phi) is 5.84. The quantitative estimate of drug-likeness (QED) is 0.599. The van der Waals surface area contributed by atoms with Crippen LogP contribution in [0.15, 0.2) is 30.3 Å². The van der Waals surface area contributed by atoms with Crippen LogP contribution in [0, 0.1) is 0 Å². The van der Waals surface area contributed by atoms with Crippen molar-refractivity contribution in [2.24, 2.45) is 0 Å². The molecule has 0 unspecified atom stereocenters. The lowest BCUT2D eigenvalue weighted by molar-refractivity contribution is -0.143. The fourth-order valence-electron chi connectivity index (χ4n) is 1.37. The van der Waals surface area contributed by atoms with Gasteiger partial charge in [-0.25, -0.2) is 14.0 Å². The smallest absolute Gasteiger partial charge is 0.338 e. The summed E-state index contributed by atoms with van der Waals surface area (Å²) in [4.78, 5) is 21.7. The minimum atomic E-state index is -1.84. The Balaban J connectivity index is 2.15. The van der Waals surface area contributed by atoms with Crippen LogP contribution in [0.3, 0.4) is 0 Å². The fraction of sp³-hybridized carbons (Fsp3) is 0.385. The Morgan fingerprint density at radius 1 is 1.22 bits per heavy atom. The Morgan fingerprint density at radius 3 is 2.50 bits per heavy atom. The van der Waals surface area contributed by atoms with Crippen LogP contribution in [0.2, 0.25) is 0 Å². The van der Waals surface area contributed by atoms with Crippen molar-refractivity contribution in [3.63, 3.8) is 0 Å². The van der Waals surface area contributed by atoms with Gasteiger partial charge in [-0.1, -0.05) is 18.2 Å². The zero-order valence-electron chi connectivity index (χ0n) is 9.84. The molecular formula is C13H15FO4. The number of hydrogen-bond donors (Lipinski definition) is 1. The third kappa shape index (κ3) is 4.95. The number of ether oxygens (including phenoxy) is 1. The van der Waals surface area contributed by atoms with E-state index in [9.17, 15) is 14.0 Å². The molecule has 0 amide bonds. The van der Waals surface area contributed by atoms with Gasteiger partial charge in [0.2, 0.25) is 0 Å². The van der Waals surface area contributed by atoms with Gasteiger partial charge in [0.15, 0.2) is 6.17 Å². The molecule has 1 atom stereocenters. The van der Waals surface area contributed by atoms with Crippen LogP contribution in [0.1, 0.15) is 29.6 Å². The Hall–Kier alpha value is -1.91. The number of benzene rings is 1. The van der Waals surface area contributed by atoms with Crippen molar-refractivity contribution in [3.8, 4) is 0 Å². The monoisotopic (exact) mass is 254 g/mol. The summed E-state index contributed by atoms with van der Waals surface area (Å²) in [6, 6.07) is 8.55. The van der Waals surface area contributed by atoms with E-state index in [1.807, 2.05) is 0 Å². The Morgan fingerprint density at radius 2 is 1.89 bits per heavy atom. The number of hydrogen-bond acceptors (Lipinski definition) is 3. The van der Waals surface area contributed by atoms with Gasteiger partial charge >= 0.3 is 11.9 Å². The fourth-order valence-corrected chi connectivity index (χ4v) is 1.37. The van der Waals surface area contributed by atoms with E-state index < -0.39 is 18.1 Å². The molecule has 18 heavy (non-hydrogen) atoms. The van der Waals surface area contributed by atoms with Crippen LogP contribution < -0.4 is 0 Å². The third-order valence-corrected chi connectivity index (χ3v) is 2.36. The molecule has 0 saturated heterocycles. The molecule has 0 radical (unpaired) electrons. The van der Waals surface area contributed by atoms with E-state index in [1.54, 1.807) is 30.3 Å². The van der Waals surface area contributed by atoms with Gasteiger partial charge in [-0.05, 0) is 31.4 Å². The number of alkyl halides is 1. The van der Waals surface area contributed by atoms with Crippen LogP contribution in [0.4, 0.5) is 4.39 Å². The van der Waals surface area contributed by atoms with E-state index >= 15 is 0 Å². The molecule has 1 rings (SSSR count). The highest BCUT2D eigenvalue weighted by Gasteiger charge is 2.14. The van der Waals surface area contributed by atoms with E-state index in [4.69, 9.17) is 9.84 Å². The van der Waals surface area contributed by atoms with Crippen LogP contribution in [0.5, 0.6) is 0 Å². The number of halogens is 1. The Labute approximate surface area is 104 Å². The number of carboxylic acid groups (broad SMARTS) is 1. The zero-order chi connectivity index (χ0) is 13.4. The first-order valence-corrected chi connectivity index (χ1v) is 5.70. The lowest BCUT2D eigenvalue weighted by Gasteiger charge is -2.05. The standard InChI is InChI=1S/C13H15FO4/c14-11(12(15)16)8-4-5-9-18-13(17)10-6-2-1-3-7-10/h1-3,6-7,11H,4-5,8-9H2,(H,15,16)/t11-/m0/s1. The van der Waals surface area contributed by atoms with Crippen molar-refractivity contribution in [2.45, 2.75) is 25.4 Å². The van der Waals surface area contributed by atoms with Crippen molar-refractivity contribution in [2.75, 3.05) is 6.61 Å². The molecule has 4 nitrogen and oxygen atoms in total. The lowest BCUT2D eigenvalue weighted by atomic mass is 10.2. The summed E-state index contributed by atoms with van der Waals surface area (Å²) < 4.78 is 17.6. The number of carbonyl (C=O) groups is 2. The molecule has 0 saturated carbocycles. The summed E-state index contributed by atoms with van der Waals surface area (Å²) in [5, 5.41) is 8.32. The minimum absolute atomic E-state index is 0.0573. The molecule has 0 fully saturated rings. The second-order valence-corrected chi connectivity index (χ2v) is 3.80. The van der Waals surface area contributed by atoms with E-state index in [0.29, 0.717) is 18.4 Å². The molecule has 0 aliphatic heterocycles. The van der Waals surface area contributed by atoms with E-state index in [1.165, 1.54) is 0 Å². The van der Waals surface area contributed by atoms with Crippen LogP contribution >= 0.6 is 0 Å². The van der Waals surface area contributed by atoms with Gasteiger partial charge in [0.25, 0.3) is 0 Å². The molecular weight excluding hydrogens is 239 g/mol. The number of carbonyl (C=O) groups excluding carboxylic acids is 1. The first kappa shape index (κ1) is 14.2. The summed E-state index contributed by atoms with van der Waals surface area (Å²) in [5.74, 6) is -1.87. The maximum atomic E-state index is 12.7. The van der Waals surface area contributed by atoms with Crippen molar-refractivity contribution in [1.82, 2.24) is 0 Å². The molecule has 1 aromatic rings. The topological polar surface area (TPSA) is 63.6 Å². The molecule has 0 aliphatic rings. The second-order valence-electron chi connectivity index (χ2n) is 3.80. The largest absolute Gasteiger partial charge is 0.479 e. The summed E-state index contributed by atoms with van der Waals surface area (Å²) >= 11 is 0. The molecule has 0 aromatic heterocycles. The van der Waals surface area contributed by atoms with Gasteiger partial charge in [0.05, 0.1) is 12.2 Å². The van der Waals surface area contributed by atoms with Crippen LogP contribution in [-0.2, 0) is 9.53 Å². The number of aliphatic carboxylic acids is 1. The van der Waals surface area contributed by atoms with Crippen molar-refractivity contribution < 1.29 is 23.8 Å². The third-order valence-electron chi connectivity index (χ3n) is 2.36. The molecule has 0 heterocycles. The van der Waals surface area contributed by atoms with Crippen molar-refractivity contribution in [3.05, 3.63) is 35.9 Å². The van der Waals surface area contributed by atoms with Gasteiger partial charge in [-0.2, -0.15) is 0 Å². The summed E-state index contributed by atoms with van der Waals surface area (Å²) in [6.45, 7) is 0.167. The first-order chi connectivity index (χ1) is 8.61. The predicted molar refractivity (Wildman–Crippen MR) is 63.1 cm³/mol. The summed E-state index contributed by atoms with van der Waals surface area (Å²) in [6.07, 6.45) is -1.07. The van der Waals surface area contributed by atoms with Crippen molar-refractivity contribution >= 4 is 11.9 Å². The maximum Gasteiger partial charge on any atom is 0.338 e. The van der Waals surface area contributed by atoms with Gasteiger partial charge in [0.1, 0.15) is 0 Å². The summed E-state index contributed by atoms with van der Waals surface area (Å²) in [7, 11) is 0. The highest BCUT2D eigenvalue weighted by molar-refractivity contribution is 5.89. The SMILES string of the molecule is O=C(OCCCC[C@H](F)C(=O)O)c1ccccc1. The normalized spacial score (nSPS) is 11.8. The number of unbranched alkanes of at least 4 members (excludes halogenated alkanes) is 1. The first-order valence-electron chi connectivity index (χ1n) is 5.70. The van der Waals surface area contributed by atoms with Crippen LogP contribution in [-0.4, -0.2) is 29.8 Å². The van der Waals surface area contributed by atoms with E-state index in [2.05, 4.69) is 0 Å². The molecule has 1 aromatic carbocycles. The highest BCUT2D eigenvalue weighted by atomic mass is 19.1. The molecule has 5 heteroatoms. The van der Waals surface area contributed by atoms with Crippen LogP contribution in [0.25, 0.3) is 0 Å². The molecule has 0 spiro atoms. The molecule has 1 N–H and O–H groups in total. The average Bonchev–Trinajstić information content (AvgIpc) is 2.38. The lowest BCUT2D eigenvalue weighted by Crippen LogP contribution is -2.14. The molecule has 0 bridgehead atoms. The van der Waals surface area contributed by atoms with E-state index in [0.717, 1.165) is 0 Å². The van der Waals surface area contributed by atoms with Gasteiger partial charge < -0.3 is 9.84 Å².